The zero-order valence-corrected chi connectivity index (χ0v) is 18.6. The molecule has 3 aromatic carbocycles. The van der Waals surface area contributed by atoms with Crippen molar-refractivity contribution in [2.24, 2.45) is 0 Å². The van der Waals surface area contributed by atoms with Gasteiger partial charge in [0.2, 0.25) is 0 Å². The van der Waals surface area contributed by atoms with Gasteiger partial charge in [0.1, 0.15) is 0 Å². The molecular formula is C27H25N3O4. The van der Waals surface area contributed by atoms with Gasteiger partial charge in [-0.1, -0.05) is 54.6 Å². The molecule has 7 nitrogen and oxygen atoms in total. The lowest BCUT2D eigenvalue weighted by molar-refractivity contribution is -0.384. The molecule has 0 unspecified atom stereocenters. The van der Waals surface area contributed by atoms with Crippen LogP contribution in [0.15, 0.2) is 78.9 Å². The highest BCUT2D eigenvalue weighted by Crippen LogP contribution is 2.25. The molecule has 7 heteroatoms. The number of piperidine rings is 1. The predicted molar refractivity (Wildman–Crippen MR) is 132 cm³/mol. The van der Waals surface area contributed by atoms with Crippen LogP contribution in [0.3, 0.4) is 0 Å². The van der Waals surface area contributed by atoms with E-state index in [0.717, 1.165) is 19.3 Å². The third kappa shape index (κ3) is 5.38. The lowest BCUT2D eigenvalue weighted by Gasteiger charge is -2.27. The first-order chi connectivity index (χ1) is 16.5. The van der Waals surface area contributed by atoms with E-state index in [0.29, 0.717) is 41.0 Å². The molecule has 172 valence electrons. The van der Waals surface area contributed by atoms with Crippen LogP contribution in [-0.2, 0) is 4.79 Å². The Kier molecular flexibility index (Phi) is 7.13. The first-order valence-electron chi connectivity index (χ1n) is 11.2. The molecule has 0 saturated carbocycles. The molecular weight excluding hydrogens is 430 g/mol. The van der Waals surface area contributed by atoms with Crippen LogP contribution in [0.25, 0.3) is 11.6 Å². The van der Waals surface area contributed by atoms with E-state index in [2.05, 4.69) is 5.32 Å². The summed E-state index contributed by atoms with van der Waals surface area (Å²) < 4.78 is 0. The Bertz CT molecular complexity index is 1230. The Morgan fingerprint density at radius 2 is 1.59 bits per heavy atom. The second kappa shape index (κ2) is 10.6. The minimum absolute atomic E-state index is 0.0564. The molecule has 1 N–H and O–H groups in total. The van der Waals surface area contributed by atoms with Gasteiger partial charge >= 0.3 is 0 Å². The fourth-order valence-corrected chi connectivity index (χ4v) is 4.03. The van der Waals surface area contributed by atoms with Gasteiger partial charge in [-0.05, 0) is 48.6 Å². The lowest BCUT2D eigenvalue weighted by atomic mass is 10.0. The summed E-state index contributed by atoms with van der Waals surface area (Å²) in [5, 5.41) is 14.1. The van der Waals surface area contributed by atoms with Crippen LogP contribution in [-0.4, -0.2) is 34.7 Å². The van der Waals surface area contributed by atoms with E-state index in [9.17, 15) is 19.7 Å². The highest BCUT2D eigenvalue weighted by Gasteiger charge is 2.22. The van der Waals surface area contributed by atoms with E-state index >= 15 is 0 Å². The average molecular weight is 456 g/mol. The second-order valence-corrected chi connectivity index (χ2v) is 8.13. The fraction of sp³-hybridized carbons (Fsp3) is 0.185. The van der Waals surface area contributed by atoms with E-state index in [4.69, 9.17) is 0 Å². The summed E-state index contributed by atoms with van der Waals surface area (Å²) in [5.41, 5.74) is 2.34. The van der Waals surface area contributed by atoms with Crippen molar-refractivity contribution in [1.82, 2.24) is 4.90 Å². The van der Waals surface area contributed by atoms with Crippen molar-refractivity contribution in [1.29, 1.82) is 0 Å². The molecule has 0 radical (unpaired) electrons. The summed E-state index contributed by atoms with van der Waals surface area (Å²) in [5.74, 6) is -0.504. The van der Waals surface area contributed by atoms with Crippen molar-refractivity contribution in [3.05, 3.63) is 106 Å². The number of benzene rings is 3. The zero-order valence-electron chi connectivity index (χ0n) is 18.6. The van der Waals surface area contributed by atoms with Crippen LogP contribution in [0.2, 0.25) is 0 Å². The van der Waals surface area contributed by atoms with E-state index < -0.39 is 10.8 Å². The quantitative estimate of drug-likeness (QED) is 0.233. The van der Waals surface area contributed by atoms with E-state index in [1.807, 2.05) is 23.1 Å². The molecule has 1 aliphatic rings. The number of carbonyl (C=O) groups is 2. The van der Waals surface area contributed by atoms with Crippen LogP contribution < -0.4 is 5.32 Å². The van der Waals surface area contributed by atoms with Gasteiger partial charge in [0, 0.05) is 30.8 Å². The Hall–Kier alpha value is -4.26. The number of nitro benzene ring substituents is 1. The van der Waals surface area contributed by atoms with Crippen LogP contribution >= 0.6 is 0 Å². The zero-order chi connectivity index (χ0) is 23.9. The molecule has 0 spiro atoms. The van der Waals surface area contributed by atoms with Crippen molar-refractivity contribution >= 4 is 34.8 Å². The average Bonchev–Trinajstić information content (AvgIpc) is 2.88. The Morgan fingerprint density at radius 3 is 2.32 bits per heavy atom. The number of hydrogen-bond acceptors (Lipinski definition) is 4. The summed E-state index contributed by atoms with van der Waals surface area (Å²) in [6.45, 7) is 1.42. The van der Waals surface area contributed by atoms with Crippen LogP contribution in [0.1, 0.15) is 40.7 Å². The van der Waals surface area contributed by atoms with E-state index in [-0.39, 0.29) is 11.6 Å². The van der Waals surface area contributed by atoms with Gasteiger partial charge in [0.25, 0.3) is 17.5 Å². The van der Waals surface area contributed by atoms with Gasteiger partial charge in [0.05, 0.1) is 16.2 Å². The Balaban J connectivity index is 1.67. The van der Waals surface area contributed by atoms with Gasteiger partial charge in [-0.25, -0.2) is 0 Å². The molecule has 1 fully saturated rings. The topological polar surface area (TPSA) is 92.6 Å². The van der Waals surface area contributed by atoms with Crippen molar-refractivity contribution in [2.45, 2.75) is 19.3 Å². The summed E-state index contributed by atoms with van der Waals surface area (Å²) in [6.07, 6.45) is 4.69. The number of non-ortho nitro benzene ring substituents is 1. The number of hydrogen-bond donors (Lipinski definition) is 1. The monoisotopic (exact) mass is 455 g/mol. The molecule has 3 aromatic rings. The maximum Gasteiger partial charge on any atom is 0.270 e. The number of nitrogens with zero attached hydrogens (tertiary/aromatic N) is 2. The maximum absolute atomic E-state index is 13.4. The summed E-state index contributed by atoms with van der Waals surface area (Å²) in [6, 6.07) is 22.2. The molecule has 4 rings (SSSR count). The number of amides is 2. The van der Waals surface area contributed by atoms with Crippen LogP contribution in [0.4, 0.5) is 11.4 Å². The van der Waals surface area contributed by atoms with Gasteiger partial charge in [-0.3, -0.25) is 19.7 Å². The highest BCUT2D eigenvalue weighted by atomic mass is 16.6. The van der Waals surface area contributed by atoms with Gasteiger partial charge in [-0.15, -0.1) is 0 Å². The number of nitrogens with one attached hydrogen (secondary N) is 1. The smallest absolute Gasteiger partial charge is 0.270 e. The Labute approximate surface area is 197 Å². The summed E-state index contributed by atoms with van der Waals surface area (Å²) >= 11 is 0. The van der Waals surface area contributed by atoms with Gasteiger partial charge in [-0.2, -0.15) is 0 Å². The summed E-state index contributed by atoms with van der Waals surface area (Å²) in [4.78, 5) is 39.1. The third-order valence-corrected chi connectivity index (χ3v) is 5.77. The van der Waals surface area contributed by atoms with Crippen molar-refractivity contribution in [2.75, 3.05) is 18.4 Å². The largest absolute Gasteiger partial charge is 0.339 e. The van der Waals surface area contributed by atoms with E-state index in [1.165, 1.54) is 12.1 Å². The number of para-hydroxylation sites is 1. The number of rotatable bonds is 6. The number of nitro groups is 1. The maximum atomic E-state index is 13.4. The Morgan fingerprint density at radius 1 is 0.882 bits per heavy atom. The molecule has 2 amide bonds. The third-order valence-electron chi connectivity index (χ3n) is 5.77. The fourth-order valence-electron chi connectivity index (χ4n) is 4.03. The molecule has 1 saturated heterocycles. The molecule has 1 heterocycles. The van der Waals surface area contributed by atoms with Gasteiger partial charge in [0.15, 0.2) is 0 Å². The lowest BCUT2D eigenvalue weighted by Crippen LogP contribution is -2.36. The number of carbonyl (C=O) groups excluding carboxylic acids is 2. The molecule has 0 atom stereocenters. The van der Waals surface area contributed by atoms with E-state index in [1.54, 1.807) is 54.6 Å². The highest BCUT2D eigenvalue weighted by molar-refractivity contribution is 6.29. The normalized spacial score (nSPS) is 13.9. The van der Waals surface area contributed by atoms with Crippen LogP contribution in [0.5, 0.6) is 0 Å². The van der Waals surface area contributed by atoms with Crippen molar-refractivity contribution in [3.63, 3.8) is 0 Å². The van der Waals surface area contributed by atoms with Gasteiger partial charge < -0.3 is 10.2 Å². The predicted octanol–water partition coefficient (Wildman–Crippen LogP) is 5.40. The first-order valence-corrected chi connectivity index (χ1v) is 11.2. The molecule has 0 aromatic heterocycles. The standard InChI is InChI=1S/C27H25N3O4/c31-26(28-25-15-6-5-14-23(25)27(32)29-16-7-2-8-17-29)24(21-11-3-1-4-12-21)19-20-10-9-13-22(18-20)30(33)34/h1,3-6,9-15,18-19H,2,7-8,16-17H2,(H,28,31)/b24-19+. The minimum atomic E-state index is -0.470. The second-order valence-electron chi connectivity index (χ2n) is 8.13. The van der Waals surface area contributed by atoms with Crippen LogP contribution in [0, 0.1) is 10.1 Å². The molecule has 1 aliphatic heterocycles. The minimum Gasteiger partial charge on any atom is -0.339 e. The number of anilines is 1. The van der Waals surface area contributed by atoms with Crippen molar-refractivity contribution in [3.8, 4) is 0 Å². The van der Waals surface area contributed by atoms with Crippen molar-refractivity contribution < 1.29 is 14.5 Å². The molecule has 0 bridgehead atoms. The number of likely N-dealkylation sites (tertiary alicyclic amines) is 1. The molecule has 34 heavy (non-hydrogen) atoms. The first kappa shape index (κ1) is 22.9. The SMILES string of the molecule is O=C(Nc1ccccc1C(=O)N1CCCCC1)/C(=C/c1cccc([N+](=O)[O-])c1)c1ccccc1. The molecule has 0 aliphatic carbocycles. The summed E-state index contributed by atoms with van der Waals surface area (Å²) in [7, 11) is 0.